The van der Waals surface area contributed by atoms with Crippen LogP contribution in [0.1, 0.15) is 57.6 Å². The van der Waals surface area contributed by atoms with E-state index in [2.05, 4.69) is 31.1 Å². The molecule has 1 aliphatic carbocycles. The van der Waals surface area contributed by atoms with Gasteiger partial charge in [-0.25, -0.2) is 4.98 Å². The summed E-state index contributed by atoms with van der Waals surface area (Å²) in [5, 5.41) is 3.46. The molecule has 0 unspecified atom stereocenters. The van der Waals surface area contributed by atoms with Crippen LogP contribution in [-0.2, 0) is 6.42 Å². The molecule has 0 radical (unpaired) electrons. The third-order valence-electron chi connectivity index (χ3n) is 2.77. The molecule has 1 aliphatic rings. The van der Waals surface area contributed by atoms with E-state index in [1.54, 1.807) is 0 Å². The zero-order valence-corrected chi connectivity index (χ0v) is 10.5. The molecule has 1 aromatic heterocycles. The second-order valence-corrected chi connectivity index (χ2v) is 5.71. The number of oxazole rings is 1. The standard InChI is InChI=1S/C13H22N2O/c1-13(2,3)15-8-4-5-12-14-9-11(16-12)10-6-7-10/h9-10,15H,4-8H2,1-3H3. The van der Waals surface area contributed by atoms with Crippen molar-refractivity contribution in [3.63, 3.8) is 0 Å². The van der Waals surface area contributed by atoms with E-state index in [-0.39, 0.29) is 5.54 Å². The van der Waals surface area contributed by atoms with Crippen LogP contribution in [0.25, 0.3) is 0 Å². The van der Waals surface area contributed by atoms with E-state index in [1.807, 2.05) is 6.20 Å². The topological polar surface area (TPSA) is 38.1 Å². The highest BCUT2D eigenvalue weighted by atomic mass is 16.4. The summed E-state index contributed by atoms with van der Waals surface area (Å²) in [4.78, 5) is 4.32. The maximum absolute atomic E-state index is 5.70. The third kappa shape index (κ3) is 3.63. The smallest absolute Gasteiger partial charge is 0.194 e. The van der Waals surface area contributed by atoms with Crippen molar-refractivity contribution in [3.8, 4) is 0 Å². The van der Waals surface area contributed by atoms with Crippen LogP contribution < -0.4 is 5.32 Å². The highest BCUT2D eigenvalue weighted by molar-refractivity contribution is 5.08. The van der Waals surface area contributed by atoms with Crippen LogP contribution in [0.4, 0.5) is 0 Å². The Hall–Kier alpha value is -0.830. The highest BCUT2D eigenvalue weighted by Crippen LogP contribution is 2.40. The van der Waals surface area contributed by atoms with E-state index in [9.17, 15) is 0 Å². The van der Waals surface area contributed by atoms with Crippen LogP contribution in [0, 0.1) is 0 Å². The fourth-order valence-electron chi connectivity index (χ4n) is 1.70. The number of aromatic nitrogens is 1. The molecule has 0 spiro atoms. The average Bonchev–Trinajstić information content (AvgIpc) is 2.93. The van der Waals surface area contributed by atoms with Gasteiger partial charge in [0.25, 0.3) is 0 Å². The molecule has 3 nitrogen and oxygen atoms in total. The van der Waals surface area contributed by atoms with Crippen molar-refractivity contribution in [2.45, 2.75) is 57.9 Å². The number of rotatable bonds is 5. The van der Waals surface area contributed by atoms with E-state index in [0.29, 0.717) is 5.92 Å². The molecule has 1 aromatic rings. The summed E-state index contributed by atoms with van der Waals surface area (Å²) >= 11 is 0. The summed E-state index contributed by atoms with van der Waals surface area (Å²) < 4.78 is 5.70. The molecule has 2 rings (SSSR count). The molecule has 0 amide bonds. The van der Waals surface area contributed by atoms with Gasteiger partial charge in [0.05, 0.1) is 6.20 Å². The number of hydrogen-bond donors (Lipinski definition) is 1. The third-order valence-corrected chi connectivity index (χ3v) is 2.77. The van der Waals surface area contributed by atoms with Crippen LogP contribution in [-0.4, -0.2) is 17.1 Å². The van der Waals surface area contributed by atoms with Gasteiger partial charge in [-0.2, -0.15) is 0 Å². The van der Waals surface area contributed by atoms with E-state index >= 15 is 0 Å². The van der Waals surface area contributed by atoms with E-state index in [1.165, 1.54) is 12.8 Å². The number of hydrogen-bond acceptors (Lipinski definition) is 3. The van der Waals surface area contributed by atoms with E-state index < -0.39 is 0 Å². The first-order valence-electron chi connectivity index (χ1n) is 6.24. The van der Waals surface area contributed by atoms with Gasteiger partial charge in [-0.3, -0.25) is 0 Å². The first-order chi connectivity index (χ1) is 7.54. The second kappa shape index (κ2) is 4.58. The van der Waals surface area contributed by atoms with Gasteiger partial charge in [-0.05, 0) is 46.6 Å². The van der Waals surface area contributed by atoms with Crippen LogP contribution in [0.5, 0.6) is 0 Å². The van der Waals surface area contributed by atoms with Crippen molar-refractivity contribution in [2.75, 3.05) is 6.54 Å². The Labute approximate surface area is 97.6 Å². The Bertz CT molecular complexity index is 334. The van der Waals surface area contributed by atoms with Gasteiger partial charge in [0.1, 0.15) is 5.76 Å². The zero-order valence-electron chi connectivity index (χ0n) is 10.5. The lowest BCUT2D eigenvalue weighted by atomic mass is 10.1. The molecule has 1 saturated carbocycles. The summed E-state index contributed by atoms with van der Waals surface area (Å²) in [6, 6.07) is 0. The summed E-state index contributed by atoms with van der Waals surface area (Å²) in [6.45, 7) is 7.57. The molecular weight excluding hydrogens is 200 g/mol. The highest BCUT2D eigenvalue weighted by Gasteiger charge is 2.27. The van der Waals surface area contributed by atoms with Gasteiger partial charge in [0, 0.05) is 17.9 Å². The minimum Gasteiger partial charge on any atom is -0.445 e. The Morgan fingerprint density at radius 2 is 2.19 bits per heavy atom. The summed E-state index contributed by atoms with van der Waals surface area (Å²) in [5.41, 5.74) is 0.204. The average molecular weight is 222 g/mol. The van der Waals surface area contributed by atoms with Gasteiger partial charge in [0.15, 0.2) is 5.89 Å². The van der Waals surface area contributed by atoms with Gasteiger partial charge in [-0.1, -0.05) is 0 Å². The van der Waals surface area contributed by atoms with Crippen LogP contribution >= 0.6 is 0 Å². The molecule has 0 atom stereocenters. The first kappa shape index (κ1) is 11.6. The second-order valence-electron chi connectivity index (χ2n) is 5.71. The monoisotopic (exact) mass is 222 g/mol. The molecule has 1 fully saturated rings. The van der Waals surface area contributed by atoms with Crippen molar-refractivity contribution in [1.82, 2.24) is 10.3 Å². The van der Waals surface area contributed by atoms with Crippen LogP contribution in [0.3, 0.4) is 0 Å². The molecular formula is C13H22N2O. The number of nitrogens with zero attached hydrogens (tertiary/aromatic N) is 1. The van der Waals surface area contributed by atoms with Crippen molar-refractivity contribution in [1.29, 1.82) is 0 Å². The van der Waals surface area contributed by atoms with Gasteiger partial charge in [0.2, 0.25) is 0 Å². The summed E-state index contributed by atoms with van der Waals surface area (Å²) in [5.74, 6) is 2.67. The lowest BCUT2D eigenvalue weighted by molar-refractivity contribution is 0.406. The zero-order chi connectivity index (χ0) is 11.6. The minimum atomic E-state index is 0.204. The molecule has 0 aliphatic heterocycles. The molecule has 16 heavy (non-hydrogen) atoms. The van der Waals surface area contributed by atoms with Gasteiger partial charge >= 0.3 is 0 Å². The first-order valence-corrected chi connectivity index (χ1v) is 6.24. The predicted octanol–water partition coefficient (Wildman–Crippen LogP) is 2.87. The quantitative estimate of drug-likeness (QED) is 0.778. The maximum atomic E-state index is 5.70. The van der Waals surface area contributed by atoms with Crippen molar-refractivity contribution >= 4 is 0 Å². The molecule has 0 aromatic carbocycles. The lowest BCUT2D eigenvalue weighted by Gasteiger charge is -2.19. The summed E-state index contributed by atoms with van der Waals surface area (Å²) in [6.07, 6.45) is 6.49. The number of nitrogens with one attached hydrogen (secondary N) is 1. The van der Waals surface area contributed by atoms with E-state index in [0.717, 1.165) is 31.0 Å². The Balaban J connectivity index is 1.68. The van der Waals surface area contributed by atoms with E-state index in [4.69, 9.17) is 4.42 Å². The molecule has 0 saturated heterocycles. The van der Waals surface area contributed by atoms with Crippen LogP contribution in [0.15, 0.2) is 10.6 Å². The molecule has 1 N–H and O–H groups in total. The van der Waals surface area contributed by atoms with Crippen molar-refractivity contribution < 1.29 is 4.42 Å². The SMILES string of the molecule is CC(C)(C)NCCCc1ncc(C2CC2)o1. The molecule has 3 heteroatoms. The molecule has 1 heterocycles. The molecule has 0 bridgehead atoms. The molecule has 90 valence electrons. The minimum absolute atomic E-state index is 0.204. The Morgan fingerprint density at radius 1 is 1.44 bits per heavy atom. The fraction of sp³-hybridized carbons (Fsp3) is 0.769. The Kier molecular flexibility index (Phi) is 3.33. The van der Waals surface area contributed by atoms with Crippen molar-refractivity contribution in [2.24, 2.45) is 0 Å². The normalized spacial score (nSPS) is 16.7. The fourth-order valence-corrected chi connectivity index (χ4v) is 1.70. The van der Waals surface area contributed by atoms with Crippen molar-refractivity contribution in [3.05, 3.63) is 17.8 Å². The number of aryl methyl sites for hydroxylation is 1. The van der Waals surface area contributed by atoms with Gasteiger partial charge < -0.3 is 9.73 Å². The Morgan fingerprint density at radius 3 is 2.81 bits per heavy atom. The largest absolute Gasteiger partial charge is 0.445 e. The maximum Gasteiger partial charge on any atom is 0.194 e. The lowest BCUT2D eigenvalue weighted by Crippen LogP contribution is -2.36. The predicted molar refractivity (Wildman–Crippen MR) is 64.6 cm³/mol. The van der Waals surface area contributed by atoms with Crippen LogP contribution in [0.2, 0.25) is 0 Å². The summed E-state index contributed by atoms with van der Waals surface area (Å²) in [7, 11) is 0. The van der Waals surface area contributed by atoms with Gasteiger partial charge in [-0.15, -0.1) is 0 Å².